The van der Waals surface area contributed by atoms with Crippen LogP contribution in [0.5, 0.6) is 0 Å². The quantitative estimate of drug-likeness (QED) is 0.207. The molecule has 2 atom stereocenters. The van der Waals surface area contributed by atoms with Gasteiger partial charge in [0.25, 0.3) is 0 Å². The van der Waals surface area contributed by atoms with Crippen LogP contribution in [0.2, 0.25) is 0 Å². The first kappa shape index (κ1) is 25.5. The van der Waals surface area contributed by atoms with Gasteiger partial charge in [-0.3, -0.25) is 0 Å². The second-order valence-corrected chi connectivity index (χ2v) is 9.07. The number of nitrogens with zero attached hydrogens (tertiary/aromatic N) is 2. The highest BCUT2D eigenvalue weighted by molar-refractivity contribution is 6.08. The zero-order valence-electron chi connectivity index (χ0n) is 20.4. The Balaban J connectivity index is 1.58. The first-order valence-electron chi connectivity index (χ1n) is 12.4. The monoisotopic (exact) mass is 515 g/mol. The van der Waals surface area contributed by atoms with Crippen molar-refractivity contribution in [3.63, 3.8) is 0 Å². The molecule has 1 N–H and O–H groups in total. The Bertz CT molecular complexity index is 1320. The molecule has 2 unspecified atom stereocenters. The van der Waals surface area contributed by atoms with Crippen LogP contribution in [0.4, 0.5) is 28.9 Å². The van der Waals surface area contributed by atoms with Crippen LogP contribution >= 0.6 is 0 Å². The highest BCUT2D eigenvalue weighted by Gasteiger charge is 2.30. The van der Waals surface area contributed by atoms with Gasteiger partial charge >= 0.3 is 0 Å². The normalized spacial score (nSPS) is 18.4. The molecule has 1 fully saturated rings. The van der Waals surface area contributed by atoms with E-state index < -0.39 is 35.4 Å². The molecule has 38 heavy (non-hydrogen) atoms. The number of hydrogen-bond donors (Lipinski definition) is 1. The maximum Gasteiger partial charge on any atom is 0.151 e. The largest absolute Gasteiger partial charge is 0.300 e. The number of nitrogens with one attached hydrogen (secondary N) is 1. The van der Waals surface area contributed by atoms with Crippen LogP contribution in [0.1, 0.15) is 30.4 Å². The molecule has 0 amide bonds. The van der Waals surface area contributed by atoms with E-state index in [0.29, 0.717) is 35.4 Å². The van der Waals surface area contributed by atoms with Gasteiger partial charge in [0.2, 0.25) is 0 Å². The van der Waals surface area contributed by atoms with E-state index in [-0.39, 0.29) is 11.4 Å². The Morgan fingerprint density at radius 3 is 1.26 bits per heavy atom. The molecule has 0 spiro atoms. The van der Waals surface area contributed by atoms with Crippen molar-refractivity contribution in [1.82, 2.24) is 5.32 Å². The maximum absolute atomic E-state index is 14.6. The molecule has 1 aliphatic heterocycles. The van der Waals surface area contributed by atoms with Crippen LogP contribution in [-0.4, -0.2) is 23.5 Å². The van der Waals surface area contributed by atoms with Gasteiger partial charge in [0.15, 0.2) is 23.3 Å². The second kappa shape index (κ2) is 11.5. The Kier molecular flexibility index (Phi) is 7.75. The van der Waals surface area contributed by atoms with Gasteiger partial charge in [-0.2, -0.15) is 0 Å². The van der Waals surface area contributed by atoms with E-state index in [9.17, 15) is 17.6 Å². The summed E-state index contributed by atoms with van der Waals surface area (Å²) >= 11 is 0. The van der Waals surface area contributed by atoms with Crippen LogP contribution in [-0.2, 0) is 0 Å². The lowest BCUT2D eigenvalue weighted by Crippen LogP contribution is -2.50. The first-order valence-corrected chi connectivity index (χ1v) is 12.4. The fraction of sp³-hybridized carbons (Fsp3) is 0.161. The van der Waals surface area contributed by atoms with Crippen LogP contribution < -0.4 is 5.32 Å². The average Bonchev–Trinajstić information content (AvgIpc) is 2.94. The number of piperidine rings is 1. The summed E-state index contributed by atoms with van der Waals surface area (Å²) in [5.74, 6) is -3.03. The number of hydrogen-bond acceptors (Lipinski definition) is 3. The minimum absolute atomic E-state index is 0.361. The van der Waals surface area contributed by atoms with Crippen molar-refractivity contribution in [2.24, 2.45) is 9.98 Å². The number of aliphatic imine (C=N–C) groups is 2. The maximum atomic E-state index is 14.6. The summed E-state index contributed by atoms with van der Waals surface area (Å²) in [6, 6.07) is 24.9. The lowest BCUT2D eigenvalue weighted by molar-refractivity contribution is 0.429. The van der Waals surface area contributed by atoms with Crippen molar-refractivity contribution in [1.29, 1.82) is 0 Å². The molecule has 1 saturated heterocycles. The fourth-order valence-electron chi connectivity index (χ4n) is 4.70. The van der Waals surface area contributed by atoms with E-state index in [2.05, 4.69) is 15.3 Å². The van der Waals surface area contributed by atoms with Gasteiger partial charge in [-0.25, -0.2) is 27.5 Å². The molecule has 4 aromatic carbocycles. The van der Waals surface area contributed by atoms with Gasteiger partial charge in [-0.15, -0.1) is 0 Å². The van der Waals surface area contributed by atoms with E-state index in [1.54, 1.807) is 0 Å². The predicted molar refractivity (Wildman–Crippen MR) is 143 cm³/mol. The molecule has 7 heteroatoms. The fourth-order valence-corrected chi connectivity index (χ4v) is 4.70. The lowest BCUT2D eigenvalue weighted by atomic mass is 9.88. The summed E-state index contributed by atoms with van der Waals surface area (Å²) in [4.78, 5) is 8.95. The van der Waals surface area contributed by atoms with Gasteiger partial charge in [-0.1, -0.05) is 72.8 Å². The number of halogens is 4. The van der Waals surface area contributed by atoms with Crippen molar-refractivity contribution < 1.29 is 17.6 Å². The van der Waals surface area contributed by atoms with Crippen molar-refractivity contribution in [2.75, 3.05) is 0 Å². The molecule has 1 aliphatic rings. The van der Waals surface area contributed by atoms with Crippen molar-refractivity contribution in [3.8, 4) is 0 Å². The minimum atomic E-state index is -0.757. The van der Waals surface area contributed by atoms with Gasteiger partial charge in [0.05, 0.1) is 23.5 Å². The van der Waals surface area contributed by atoms with Gasteiger partial charge < -0.3 is 5.32 Å². The highest BCUT2D eigenvalue weighted by atomic mass is 19.1. The number of para-hydroxylation sites is 2. The van der Waals surface area contributed by atoms with Crippen LogP contribution in [0.15, 0.2) is 107 Å². The standard InChI is InChI=1S/C31H25F4N3/c32-22-14-7-15-23(33)30(22)37-28(20-10-3-1-4-11-20)26-18-9-19-27(36-26)29(21-12-5-2-6-13-21)38-31-24(34)16-8-17-25(31)35/h1-8,10-17,26-27,36H,9,18-19H2. The van der Waals surface area contributed by atoms with Crippen LogP contribution in [0.25, 0.3) is 0 Å². The first-order chi connectivity index (χ1) is 18.5. The molecule has 5 rings (SSSR count). The van der Waals surface area contributed by atoms with E-state index in [1.165, 1.54) is 36.4 Å². The molecule has 0 saturated carbocycles. The van der Waals surface area contributed by atoms with E-state index >= 15 is 0 Å². The molecule has 3 nitrogen and oxygen atoms in total. The van der Waals surface area contributed by atoms with E-state index in [0.717, 1.165) is 6.42 Å². The molecule has 192 valence electrons. The SMILES string of the molecule is Fc1cccc(F)c1N=C(c1ccccc1)C1CCCC(C(=Nc2c(F)cccc2F)c2ccccc2)N1. The Labute approximate surface area is 218 Å². The third-order valence-electron chi connectivity index (χ3n) is 6.53. The predicted octanol–water partition coefficient (Wildman–Crippen LogP) is 7.70. The van der Waals surface area contributed by atoms with Crippen molar-refractivity contribution in [2.45, 2.75) is 31.3 Å². The highest BCUT2D eigenvalue weighted by Crippen LogP contribution is 2.28. The zero-order chi connectivity index (χ0) is 26.5. The molecular weight excluding hydrogens is 490 g/mol. The summed E-state index contributed by atoms with van der Waals surface area (Å²) in [7, 11) is 0. The summed E-state index contributed by atoms with van der Waals surface area (Å²) in [6.07, 6.45) is 2.03. The molecule has 0 aliphatic carbocycles. The third kappa shape index (κ3) is 5.58. The smallest absolute Gasteiger partial charge is 0.151 e. The van der Waals surface area contributed by atoms with Crippen LogP contribution in [0.3, 0.4) is 0 Å². The molecule has 0 bridgehead atoms. The summed E-state index contributed by atoms with van der Waals surface area (Å²) in [5, 5.41) is 3.52. The van der Waals surface area contributed by atoms with Gasteiger partial charge in [-0.05, 0) is 54.7 Å². The third-order valence-corrected chi connectivity index (χ3v) is 6.53. The molecule has 0 aromatic heterocycles. The Morgan fingerprint density at radius 1 is 0.526 bits per heavy atom. The molecule has 0 radical (unpaired) electrons. The molecular formula is C31H25F4N3. The van der Waals surface area contributed by atoms with Crippen LogP contribution in [0, 0.1) is 23.3 Å². The lowest BCUT2D eigenvalue weighted by Gasteiger charge is -2.33. The summed E-state index contributed by atoms with van der Waals surface area (Å²) < 4.78 is 58.3. The average molecular weight is 516 g/mol. The number of rotatable bonds is 6. The topological polar surface area (TPSA) is 36.8 Å². The van der Waals surface area contributed by atoms with Crippen molar-refractivity contribution >= 4 is 22.8 Å². The van der Waals surface area contributed by atoms with Gasteiger partial charge in [0.1, 0.15) is 11.4 Å². The van der Waals surface area contributed by atoms with E-state index in [4.69, 9.17) is 0 Å². The Morgan fingerprint density at radius 2 is 0.895 bits per heavy atom. The summed E-state index contributed by atoms with van der Waals surface area (Å²) in [6.45, 7) is 0. The van der Waals surface area contributed by atoms with E-state index in [1.807, 2.05) is 60.7 Å². The zero-order valence-corrected chi connectivity index (χ0v) is 20.4. The minimum Gasteiger partial charge on any atom is -0.300 e. The second-order valence-electron chi connectivity index (χ2n) is 9.07. The number of benzene rings is 4. The molecule has 1 heterocycles. The summed E-state index contributed by atoms with van der Waals surface area (Å²) in [5.41, 5.74) is 1.66. The van der Waals surface area contributed by atoms with Crippen molar-refractivity contribution in [3.05, 3.63) is 131 Å². The molecule has 4 aromatic rings. The van der Waals surface area contributed by atoms with Gasteiger partial charge in [0, 0.05) is 0 Å². The Hall–Kier alpha value is -4.10.